The molecule has 0 aromatic heterocycles. The molecule has 0 radical (unpaired) electrons. The van der Waals surface area contributed by atoms with Crippen LogP contribution in [0, 0.1) is 0 Å². The Morgan fingerprint density at radius 3 is 2.25 bits per heavy atom. The van der Waals surface area contributed by atoms with Gasteiger partial charge in [-0.15, -0.1) is 0 Å². The van der Waals surface area contributed by atoms with Gasteiger partial charge in [0.15, 0.2) is 0 Å². The molecule has 1 fully saturated rings. The van der Waals surface area contributed by atoms with Crippen LogP contribution in [0.25, 0.3) is 0 Å². The Bertz CT molecular complexity index is 767. The number of hydrogen-bond donors (Lipinski definition) is 0. The van der Waals surface area contributed by atoms with Crippen LogP contribution in [-0.2, 0) is 10.0 Å². The van der Waals surface area contributed by atoms with E-state index in [1.54, 1.807) is 16.4 Å². The third-order valence-corrected chi connectivity index (χ3v) is 6.71. The lowest BCUT2D eigenvalue weighted by atomic mass is 9.98. The summed E-state index contributed by atoms with van der Waals surface area (Å²) < 4.78 is 28.0. The standard InChI is InChI=1S/C20H25NO2S/c1-16(2)17-11-13-19(14-12-17)24(22,23)21-15-7-6-10-20(21)18-8-4-3-5-9-18/h3-5,8-9,11-14,16,20H,6-7,10,15H2,1-2H3. The molecule has 4 heteroatoms. The van der Waals surface area contributed by atoms with Gasteiger partial charge in [0.1, 0.15) is 0 Å². The maximum atomic E-state index is 13.2. The zero-order valence-electron chi connectivity index (χ0n) is 14.4. The van der Waals surface area contributed by atoms with Crippen LogP contribution >= 0.6 is 0 Å². The van der Waals surface area contributed by atoms with Crippen LogP contribution in [0.4, 0.5) is 0 Å². The minimum atomic E-state index is -3.47. The third-order valence-electron chi connectivity index (χ3n) is 4.79. The van der Waals surface area contributed by atoms with Crippen LogP contribution in [0.3, 0.4) is 0 Å². The Balaban J connectivity index is 1.94. The number of nitrogens with zero attached hydrogens (tertiary/aromatic N) is 1. The lowest BCUT2D eigenvalue weighted by Crippen LogP contribution is -2.38. The fraction of sp³-hybridized carbons (Fsp3) is 0.400. The minimum absolute atomic E-state index is 0.0604. The molecule has 0 amide bonds. The van der Waals surface area contributed by atoms with E-state index < -0.39 is 10.0 Å². The average Bonchev–Trinajstić information content (AvgIpc) is 2.62. The van der Waals surface area contributed by atoms with Crippen molar-refractivity contribution < 1.29 is 8.42 Å². The number of sulfonamides is 1. The van der Waals surface area contributed by atoms with Gasteiger partial charge in [-0.25, -0.2) is 8.42 Å². The van der Waals surface area contributed by atoms with E-state index in [9.17, 15) is 8.42 Å². The van der Waals surface area contributed by atoms with E-state index in [0.717, 1.165) is 30.4 Å². The van der Waals surface area contributed by atoms with E-state index >= 15 is 0 Å². The first-order chi connectivity index (χ1) is 11.5. The molecule has 1 unspecified atom stereocenters. The highest BCUT2D eigenvalue weighted by molar-refractivity contribution is 7.89. The first-order valence-electron chi connectivity index (χ1n) is 8.67. The minimum Gasteiger partial charge on any atom is -0.207 e. The van der Waals surface area contributed by atoms with E-state index in [-0.39, 0.29) is 6.04 Å². The summed E-state index contributed by atoms with van der Waals surface area (Å²) in [5.41, 5.74) is 2.24. The molecule has 1 aliphatic rings. The molecule has 1 saturated heterocycles. The second-order valence-corrected chi connectivity index (χ2v) is 8.65. The Hall–Kier alpha value is -1.65. The highest BCUT2D eigenvalue weighted by atomic mass is 32.2. The highest BCUT2D eigenvalue weighted by Crippen LogP contribution is 2.35. The van der Waals surface area contributed by atoms with Crippen molar-refractivity contribution in [1.29, 1.82) is 0 Å². The Kier molecular flexibility index (Phi) is 5.07. The van der Waals surface area contributed by atoms with E-state index in [2.05, 4.69) is 13.8 Å². The van der Waals surface area contributed by atoms with Crippen molar-refractivity contribution in [2.45, 2.75) is 50.0 Å². The number of benzene rings is 2. The van der Waals surface area contributed by atoms with E-state index in [1.165, 1.54) is 0 Å². The smallest absolute Gasteiger partial charge is 0.207 e. The zero-order valence-corrected chi connectivity index (χ0v) is 15.2. The van der Waals surface area contributed by atoms with Gasteiger partial charge in [0.2, 0.25) is 10.0 Å². The highest BCUT2D eigenvalue weighted by Gasteiger charge is 2.34. The maximum Gasteiger partial charge on any atom is 0.243 e. The molecule has 0 spiro atoms. The molecule has 0 saturated carbocycles. The summed E-state index contributed by atoms with van der Waals surface area (Å²) in [7, 11) is -3.47. The van der Waals surface area contributed by atoms with Gasteiger partial charge < -0.3 is 0 Å². The monoisotopic (exact) mass is 343 g/mol. The van der Waals surface area contributed by atoms with Gasteiger partial charge in [-0.2, -0.15) is 4.31 Å². The van der Waals surface area contributed by atoms with Crippen molar-refractivity contribution in [3.8, 4) is 0 Å². The van der Waals surface area contributed by atoms with Gasteiger partial charge in [0.05, 0.1) is 10.9 Å². The van der Waals surface area contributed by atoms with Crippen molar-refractivity contribution in [3.63, 3.8) is 0 Å². The maximum absolute atomic E-state index is 13.2. The van der Waals surface area contributed by atoms with Crippen LogP contribution < -0.4 is 0 Å². The molecule has 0 bridgehead atoms. The summed E-state index contributed by atoms with van der Waals surface area (Å²) in [6.07, 6.45) is 2.87. The van der Waals surface area contributed by atoms with Crippen LogP contribution in [0.2, 0.25) is 0 Å². The van der Waals surface area contributed by atoms with Crippen LogP contribution in [0.15, 0.2) is 59.5 Å². The van der Waals surface area contributed by atoms with Gasteiger partial charge in [-0.3, -0.25) is 0 Å². The Labute approximate surface area is 145 Å². The first-order valence-corrected chi connectivity index (χ1v) is 10.1. The molecule has 1 heterocycles. The molecule has 128 valence electrons. The topological polar surface area (TPSA) is 37.4 Å². The van der Waals surface area contributed by atoms with E-state index in [1.807, 2.05) is 42.5 Å². The van der Waals surface area contributed by atoms with Gasteiger partial charge in [-0.1, -0.05) is 62.7 Å². The van der Waals surface area contributed by atoms with Crippen molar-refractivity contribution in [2.75, 3.05) is 6.54 Å². The molecular formula is C20H25NO2S. The summed E-state index contributed by atoms with van der Waals surface area (Å²) in [6.45, 7) is 4.81. The van der Waals surface area contributed by atoms with Crippen LogP contribution in [0.1, 0.15) is 56.2 Å². The fourth-order valence-corrected chi connectivity index (χ4v) is 5.04. The average molecular weight is 343 g/mol. The first kappa shape index (κ1) is 17.2. The second-order valence-electron chi connectivity index (χ2n) is 6.76. The van der Waals surface area contributed by atoms with Crippen molar-refractivity contribution in [1.82, 2.24) is 4.31 Å². The largest absolute Gasteiger partial charge is 0.243 e. The molecule has 0 N–H and O–H groups in total. The summed E-state index contributed by atoms with van der Waals surface area (Å²) in [5.74, 6) is 0.397. The summed E-state index contributed by atoms with van der Waals surface area (Å²) in [6, 6.07) is 17.3. The van der Waals surface area contributed by atoms with Crippen LogP contribution in [0.5, 0.6) is 0 Å². The molecule has 24 heavy (non-hydrogen) atoms. The molecule has 0 aliphatic carbocycles. The molecule has 1 aliphatic heterocycles. The summed E-state index contributed by atoms with van der Waals surface area (Å²) in [5, 5.41) is 0. The number of piperidine rings is 1. The van der Waals surface area contributed by atoms with Crippen molar-refractivity contribution in [2.24, 2.45) is 0 Å². The van der Waals surface area contributed by atoms with Gasteiger partial charge >= 0.3 is 0 Å². The lowest BCUT2D eigenvalue weighted by Gasteiger charge is -2.35. The molecule has 3 nitrogen and oxygen atoms in total. The van der Waals surface area contributed by atoms with E-state index in [4.69, 9.17) is 0 Å². The van der Waals surface area contributed by atoms with Crippen molar-refractivity contribution in [3.05, 3.63) is 65.7 Å². The van der Waals surface area contributed by atoms with E-state index in [0.29, 0.717) is 17.4 Å². The summed E-state index contributed by atoms with van der Waals surface area (Å²) >= 11 is 0. The quantitative estimate of drug-likeness (QED) is 0.805. The van der Waals surface area contributed by atoms with Gasteiger partial charge in [-0.05, 0) is 42.0 Å². The second kappa shape index (κ2) is 7.08. The third kappa shape index (κ3) is 3.40. The SMILES string of the molecule is CC(C)c1ccc(S(=O)(=O)N2CCCCC2c2ccccc2)cc1. The van der Waals surface area contributed by atoms with Crippen LogP contribution in [-0.4, -0.2) is 19.3 Å². The predicted octanol–water partition coefficient (Wildman–Crippen LogP) is 4.73. The Morgan fingerprint density at radius 1 is 0.958 bits per heavy atom. The van der Waals surface area contributed by atoms with Crippen molar-refractivity contribution >= 4 is 10.0 Å². The molecular weight excluding hydrogens is 318 g/mol. The number of hydrogen-bond acceptors (Lipinski definition) is 2. The normalized spacial score (nSPS) is 19.5. The number of rotatable bonds is 4. The fourth-order valence-electron chi connectivity index (χ4n) is 3.36. The predicted molar refractivity (Wildman–Crippen MR) is 97.5 cm³/mol. The molecule has 2 aromatic rings. The molecule has 3 rings (SSSR count). The molecule has 1 atom stereocenters. The van der Waals surface area contributed by atoms with Gasteiger partial charge in [0.25, 0.3) is 0 Å². The lowest BCUT2D eigenvalue weighted by molar-refractivity contribution is 0.256. The Morgan fingerprint density at radius 2 is 1.62 bits per heavy atom. The van der Waals surface area contributed by atoms with Gasteiger partial charge in [0, 0.05) is 6.54 Å². The summed E-state index contributed by atoms with van der Waals surface area (Å²) in [4.78, 5) is 0.398. The molecule has 2 aromatic carbocycles. The zero-order chi connectivity index (χ0) is 17.2.